The first kappa shape index (κ1) is 69.7. The molecule has 6 aromatic heterocycles. The topological polar surface area (TPSA) is 189 Å². The number of imide groups is 2. The van der Waals surface area contributed by atoms with Crippen LogP contribution in [0.3, 0.4) is 0 Å². The summed E-state index contributed by atoms with van der Waals surface area (Å²) in [6.45, 7) is 25.6. The van der Waals surface area contributed by atoms with E-state index in [4.69, 9.17) is 28.9 Å². The van der Waals surface area contributed by atoms with Gasteiger partial charge in [-0.15, -0.1) is 0 Å². The molecule has 0 unspecified atom stereocenters. The van der Waals surface area contributed by atoms with E-state index in [2.05, 4.69) is 103 Å². The van der Waals surface area contributed by atoms with Gasteiger partial charge in [0, 0.05) is 67.9 Å². The van der Waals surface area contributed by atoms with E-state index in [0.717, 1.165) is 22.3 Å². The Kier molecular flexibility index (Phi) is 16.6. The number of hydrogen-bond acceptors (Lipinski definition) is 14. The van der Waals surface area contributed by atoms with Crippen LogP contribution in [0.25, 0.3) is 88.6 Å². The normalized spacial score (nSPS) is 13.3. The molecule has 0 fully saturated rings. The highest BCUT2D eigenvalue weighted by Gasteiger charge is 2.43. The number of nitrogens with zero attached hydrogens (tertiary/aromatic N) is 8. The summed E-state index contributed by atoms with van der Waals surface area (Å²) in [5.41, 5.74) is 7.46. The van der Waals surface area contributed by atoms with Gasteiger partial charge in [0.2, 0.25) is 0 Å². The summed E-state index contributed by atoms with van der Waals surface area (Å²) in [5.74, 6) is -0.476. The third-order valence-electron chi connectivity index (χ3n) is 20.5. The van der Waals surface area contributed by atoms with E-state index in [1.807, 2.05) is 146 Å². The number of rotatable bonds is 14. The smallest absolute Gasteiger partial charge is 0.266 e. The minimum atomic E-state index is -0.684. The lowest BCUT2D eigenvalue weighted by Crippen LogP contribution is -2.41. The Morgan fingerprint density at radius 2 is 0.464 bits per heavy atom. The van der Waals surface area contributed by atoms with Gasteiger partial charge in [0.1, 0.15) is 46.0 Å². The summed E-state index contributed by atoms with van der Waals surface area (Å²) in [6, 6.07) is 66.6. The van der Waals surface area contributed by atoms with Gasteiger partial charge in [0.05, 0.1) is 79.2 Å². The first-order chi connectivity index (χ1) is 52.7. The van der Waals surface area contributed by atoms with E-state index < -0.39 is 23.6 Å². The maximum absolute atomic E-state index is 16.7. The van der Waals surface area contributed by atoms with Crippen molar-refractivity contribution in [1.29, 1.82) is 0 Å². The van der Waals surface area contributed by atoms with Gasteiger partial charge in [-0.3, -0.25) is 39.1 Å². The number of carbonyl (C=O) groups is 4. The Bertz CT molecular complexity index is 5490. The van der Waals surface area contributed by atoms with Crippen molar-refractivity contribution in [3.05, 3.63) is 288 Å². The summed E-state index contributed by atoms with van der Waals surface area (Å²) in [6.07, 6.45) is 6.63. The van der Waals surface area contributed by atoms with Crippen molar-refractivity contribution in [2.75, 3.05) is 9.80 Å². The molecule has 16 heteroatoms. The lowest BCUT2D eigenvalue weighted by molar-refractivity contribution is 0.0877. The molecular formula is C94H76N8O8. The lowest BCUT2D eigenvalue weighted by Gasteiger charge is -2.33. The Morgan fingerprint density at radius 3 is 0.655 bits per heavy atom. The van der Waals surface area contributed by atoms with Gasteiger partial charge in [-0.1, -0.05) is 156 Å². The first-order valence-electron chi connectivity index (χ1n) is 36.7. The van der Waals surface area contributed by atoms with E-state index in [-0.39, 0.29) is 89.1 Å². The van der Waals surface area contributed by atoms with Crippen molar-refractivity contribution < 1.29 is 38.1 Å². The van der Waals surface area contributed by atoms with Crippen LogP contribution in [0.1, 0.15) is 147 Å². The molecule has 2 aliphatic heterocycles. The number of fused-ring (bicyclic) bond motifs is 2. The fraction of sp³-hybridized carbons (Fsp3) is 0.170. The largest absolute Gasteiger partial charge is 0.457 e. The summed E-state index contributed by atoms with van der Waals surface area (Å²) in [7, 11) is 0. The van der Waals surface area contributed by atoms with Crippen molar-refractivity contribution in [1.82, 2.24) is 29.9 Å². The predicted octanol–water partition coefficient (Wildman–Crippen LogP) is 22.7. The molecule has 17 rings (SSSR count). The number of ether oxygens (including phenoxy) is 4. The van der Waals surface area contributed by atoms with Gasteiger partial charge in [0.15, 0.2) is 0 Å². The van der Waals surface area contributed by atoms with Crippen LogP contribution in [-0.2, 0) is 21.7 Å². The summed E-state index contributed by atoms with van der Waals surface area (Å²) in [4.78, 5) is 98.0. The van der Waals surface area contributed by atoms with E-state index in [1.165, 1.54) is 9.80 Å². The van der Waals surface area contributed by atoms with Crippen molar-refractivity contribution in [3.8, 4) is 91.5 Å². The molecule has 0 aliphatic carbocycles. The van der Waals surface area contributed by atoms with Gasteiger partial charge >= 0.3 is 0 Å². The predicted molar refractivity (Wildman–Crippen MR) is 432 cm³/mol. The van der Waals surface area contributed by atoms with Crippen molar-refractivity contribution in [3.63, 3.8) is 0 Å². The average Bonchev–Trinajstić information content (AvgIpc) is 0.670. The minimum Gasteiger partial charge on any atom is -0.457 e. The number of anilines is 2. The number of carbonyl (C=O) groups excluding carboxylic acids is 4. The second-order valence-electron chi connectivity index (χ2n) is 32.1. The summed E-state index contributed by atoms with van der Waals surface area (Å²) < 4.78 is 29.8. The molecule has 9 aromatic carbocycles. The molecule has 110 heavy (non-hydrogen) atoms. The van der Waals surface area contributed by atoms with Crippen LogP contribution in [0, 0.1) is 0 Å². The molecule has 8 heterocycles. The molecule has 540 valence electrons. The van der Waals surface area contributed by atoms with Gasteiger partial charge < -0.3 is 18.9 Å². The minimum absolute atomic E-state index is 0.0978. The van der Waals surface area contributed by atoms with Crippen molar-refractivity contribution >= 4 is 78.1 Å². The second kappa shape index (κ2) is 26.3. The van der Waals surface area contributed by atoms with E-state index in [9.17, 15) is 0 Å². The van der Waals surface area contributed by atoms with E-state index in [0.29, 0.717) is 101 Å². The molecule has 2 aliphatic rings. The molecule has 0 bridgehead atoms. The van der Waals surface area contributed by atoms with E-state index >= 15 is 19.2 Å². The van der Waals surface area contributed by atoms with Crippen LogP contribution >= 0.6 is 0 Å². The highest BCUT2D eigenvalue weighted by atomic mass is 16.5. The molecule has 16 nitrogen and oxygen atoms in total. The molecule has 0 saturated heterocycles. The molecule has 15 aromatic rings. The van der Waals surface area contributed by atoms with Crippen LogP contribution in [0.2, 0.25) is 0 Å². The van der Waals surface area contributed by atoms with E-state index in [1.54, 1.807) is 97.6 Å². The van der Waals surface area contributed by atoms with Crippen molar-refractivity contribution in [2.45, 2.75) is 105 Å². The zero-order valence-corrected chi connectivity index (χ0v) is 62.9. The number of amides is 4. The lowest BCUT2D eigenvalue weighted by atomic mass is 9.80. The standard InChI is InChI=1S/C94H76N8O8/c1-91(2,3)53-25-33-59(34-26-53)107-75-49-63-79-64(88(104)101(87(63)103)57-45-71(67-21-13-17-41-95-67)99-72(46-57)68-22-14-18-42-96-68)51-77(109-61-37-29-55(30-38-61)93(7,8)9)83-84-78(110-62-39-31-56(32-40-62)94(10,11)12)52-66-80-65(50-76(82(86(80)84)81(75)85(79)83)108-60-35-27-54(28-36-60)92(4,5)6)89(105)102(90(66)106)58-47-73(69-23-15-19-43-97-69)100-74(48-58)70-24-16-20-44-98-70/h13-52H,1-12H3. The quantitative estimate of drug-likeness (QED) is 0.0568. The summed E-state index contributed by atoms with van der Waals surface area (Å²) in [5, 5.41) is 2.67. The van der Waals surface area contributed by atoms with Crippen LogP contribution in [-0.4, -0.2) is 53.5 Å². The molecule has 0 N–H and O–H groups in total. The maximum atomic E-state index is 16.7. The van der Waals surface area contributed by atoms with Crippen molar-refractivity contribution in [2.24, 2.45) is 0 Å². The van der Waals surface area contributed by atoms with Gasteiger partial charge in [-0.05, 0) is 190 Å². The maximum Gasteiger partial charge on any atom is 0.266 e. The zero-order valence-electron chi connectivity index (χ0n) is 62.9. The number of aromatic nitrogens is 6. The van der Waals surface area contributed by atoms with Crippen LogP contribution < -0.4 is 28.7 Å². The van der Waals surface area contributed by atoms with Gasteiger partial charge in [-0.25, -0.2) is 19.8 Å². The Labute approximate surface area is 636 Å². The molecule has 0 atom stereocenters. The fourth-order valence-electron chi connectivity index (χ4n) is 14.8. The van der Waals surface area contributed by atoms with Crippen LogP contribution in [0.5, 0.6) is 46.0 Å². The average molecular weight is 1450 g/mol. The third kappa shape index (κ3) is 12.4. The number of benzene rings is 9. The molecule has 4 amide bonds. The SMILES string of the molecule is CC(C)(C)c1ccc(Oc2cc3c4c(cc(Oc5ccc(C(C)(C)C)cc5)c5c6c(Oc7ccc(C(C)(C)C)cc7)cc7c8c(cc(Oc9ccc(C(C)(C)C)cc9)c(c2c45)c86)C(=O)N(c2cc(-c4ccccn4)nc(-c4ccccn4)c2)C7=O)C(=O)N(c2cc(-c4ccccn4)nc(-c4ccccn4)c2)C3=O)cc1. The highest BCUT2D eigenvalue weighted by Crippen LogP contribution is 2.59. The molecule has 0 radical (unpaired) electrons. The molecule has 0 saturated carbocycles. The third-order valence-corrected chi connectivity index (χ3v) is 20.5. The number of pyridine rings is 6. The molecule has 0 spiro atoms. The Balaban J connectivity index is 1.03. The highest BCUT2D eigenvalue weighted by molar-refractivity contribution is 6.48. The monoisotopic (exact) mass is 1440 g/mol. The van der Waals surface area contributed by atoms with Gasteiger partial charge in [0.25, 0.3) is 23.6 Å². The molecular weight excluding hydrogens is 1370 g/mol. The van der Waals surface area contributed by atoms with Crippen LogP contribution in [0.15, 0.2) is 243 Å². The first-order valence-corrected chi connectivity index (χ1v) is 36.7. The fourth-order valence-corrected chi connectivity index (χ4v) is 14.8. The second-order valence-corrected chi connectivity index (χ2v) is 32.1. The summed E-state index contributed by atoms with van der Waals surface area (Å²) >= 11 is 0. The Hall–Kier alpha value is -13.3. The number of hydrogen-bond donors (Lipinski definition) is 0. The zero-order chi connectivity index (χ0) is 76.4. The van der Waals surface area contributed by atoms with Crippen LogP contribution in [0.4, 0.5) is 11.4 Å². The van der Waals surface area contributed by atoms with Gasteiger partial charge in [-0.2, -0.15) is 0 Å². The Morgan fingerprint density at radius 1 is 0.245 bits per heavy atom.